The number of rotatable bonds is 5. The maximum absolute atomic E-state index is 12.3. The number of nitrogens with zero attached hydrogens (tertiary/aromatic N) is 5. The fourth-order valence-corrected chi connectivity index (χ4v) is 3.83. The van der Waals surface area contributed by atoms with Crippen molar-refractivity contribution in [3.05, 3.63) is 47.2 Å². The van der Waals surface area contributed by atoms with E-state index in [2.05, 4.69) is 25.8 Å². The molecule has 8 nitrogen and oxygen atoms in total. The number of carbonyl (C=O) groups is 1. The molecule has 0 bridgehead atoms. The number of aliphatic hydroxyl groups excluding tert-OH is 1. The summed E-state index contributed by atoms with van der Waals surface area (Å²) in [7, 11) is 0. The van der Waals surface area contributed by atoms with E-state index >= 15 is 0 Å². The third kappa shape index (κ3) is 3.49. The Morgan fingerprint density at radius 1 is 1.23 bits per heavy atom. The van der Waals surface area contributed by atoms with Gasteiger partial charge < -0.3 is 10.4 Å². The monoisotopic (exact) mass is 370 g/mol. The number of hydrogen-bond acceptors (Lipinski definition) is 7. The van der Waals surface area contributed by atoms with E-state index in [1.54, 1.807) is 10.9 Å². The molecular formula is C17H18N6O2S. The van der Waals surface area contributed by atoms with Crippen LogP contribution in [0.15, 0.2) is 36.5 Å². The molecule has 2 atom stereocenters. The van der Waals surface area contributed by atoms with Gasteiger partial charge in [0, 0.05) is 5.56 Å². The summed E-state index contributed by atoms with van der Waals surface area (Å²) < 4.78 is 1.59. The van der Waals surface area contributed by atoms with E-state index < -0.39 is 6.10 Å². The molecule has 1 aromatic carbocycles. The van der Waals surface area contributed by atoms with Crippen LogP contribution in [0.3, 0.4) is 0 Å². The summed E-state index contributed by atoms with van der Waals surface area (Å²) in [6.07, 6.45) is 3.72. The lowest BCUT2D eigenvalue weighted by Gasteiger charge is -2.13. The molecule has 1 saturated carbocycles. The minimum absolute atomic E-state index is 0.0966. The summed E-state index contributed by atoms with van der Waals surface area (Å²) in [5, 5.41) is 30.4. The van der Waals surface area contributed by atoms with Crippen molar-refractivity contribution in [1.82, 2.24) is 30.5 Å². The van der Waals surface area contributed by atoms with Crippen LogP contribution in [-0.2, 0) is 6.54 Å². The van der Waals surface area contributed by atoms with E-state index in [9.17, 15) is 9.90 Å². The molecule has 2 heterocycles. The van der Waals surface area contributed by atoms with Gasteiger partial charge in [0.1, 0.15) is 10.0 Å². The Bertz CT molecular complexity index is 894. The number of carbonyl (C=O) groups excluding carboxylic acids is 1. The molecule has 1 aliphatic carbocycles. The third-order valence-electron chi connectivity index (χ3n) is 4.41. The van der Waals surface area contributed by atoms with E-state index in [1.807, 2.05) is 30.3 Å². The van der Waals surface area contributed by atoms with Crippen molar-refractivity contribution in [2.45, 2.75) is 38.0 Å². The molecule has 3 aromatic rings. The molecule has 0 spiro atoms. The van der Waals surface area contributed by atoms with Gasteiger partial charge in [-0.05, 0) is 19.3 Å². The smallest absolute Gasteiger partial charge is 0.273 e. The predicted molar refractivity (Wildman–Crippen MR) is 95.4 cm³/mol. The van der Waals surface area contributed by atoms with Gasteiger partial charge in [0.2, 0.25) is 0 Å². The first-order valence-electron chi connectivity index (χ1n) is 8.46. The molecule has 0 radical (unpaired) electrons. The molecule has 9 heteroatoms. The van der Waals surface area contributed by atoms with Gasteiger partial charge >= 0.3 is 0 Å². The predicted octanol–water partition coefficient (Wildman–Crippen LogP) is 1.81. The Kier molecular flexibility index (Phi) is 4.72. The highest BCUT2D eigenvalue weighted by atomic mass is 32.1. The molecule has 4 rings (SSSR count). The van der Waals surface area contributed by atoms with Crippen LogP contribution < -0.4 is 5.32 Å². The molecule has 1 aliphatic rings. The van der Waals surface area contributed by atoms with Crippen LogP contribution in [0.1, 0.15) is 40.8 Å². The maximum atomic E-state index is 12.3. The minimum Gasteiger partial charge on any atom is -0.391 e. The van der Waals surface area contributed by atoms with Crippen molar-refractivity contribution in [2.24, 2.45) is 0 Å². The SMILES string of the molecule is O=C(NCc1nnc(-c2ccccc2)s1)c1cn([C@H]2CCC[C@@H]2O)nn1. The summed E-state index contributed by atoms with van der Waals surface area (Å²) in [4.78, 5) is 12.3. The second-order valence-corrected chi connectivity index (χ2v) is 7.26. The molecule has 0 saturated heterocycles. The van der Waals surface area contributed by atoms with Gasteiger partial charge in [0.15, 0.2) is 5.69 Å². The zero-order chi connectivity index (χ0) is 17.9. The van der Waals surface area contributed by atoms with Crippen LogP contribution in [0.2, 0.25) is 0 Å². The molecule has 0 aliphatic heterocycles. The normalized spacial score (nSPS) is 19.6. The number of benzene rings is 1. The topological polar surface area (TPSA) is 106 Å². The van der Waals surface area contributed by atoms with E-state index in [0.29, 0.717) is 0 Å². The van der Waals surface area contributed by atoms with Gasteiger partial charge in [-0.25, -0.2) is 4.68 Å². The number of aliphatic hydroxyl groups is 1. The van der Waals surface area contributed by atoms with Crippen molar-refractivity contribution in [1.29, 1.82) is 0 Å². The standard InChI is InChI=1S/C17H18N6O2S/c24-14-8-4-7-13(14)23-10-12(19-22-23)16(25)18-9-15-20-21-17(26-15)11-5-2-1-3-6-11/h1-3,5-6,10,13-14,24H,4,7-9H2,(H,18,25)/t13-,14-/m0/s1. The van der Waals surface area contributed by atoms with Crippen LogP contribution in [0.5, 0.6) is 0 Å². The first kappa shape index (κ1) is 16.8. The summed E-state index contributed by atoms with van der Waals surface area (Å²) in [6.45, 7) is 0.280. The largest absolute Gasteiger partial charge is 0.391 e. The van der Waals surface area contributed by atoms with Gasteiger partial charge in [0.05, 0.1) is 24.9 Å². The van der Waals surface area contributed by atoms with Crippen LogP contribution in [0.4, 0.5) is 0 Å². The zero-order valence-corrected chi connectivity index (χ0v) is 14.8. The maximum Gasteiger partial charge on any atom is 0.273 e. The van der Waals surface area contributed by atoms with Crippen molar-refractivity contribution in [3.63, 3.8) is 0 Å². The fourth-order valence-electron chi connectivity index (χ4n) is 3.04. The molecule has 134 valence electrons. The van der Waals surface area contributed by atoms with E-state index in [0.717, 1.165) is 34.8 Å². The summed E-state index contributed by atoms with van der Waals surface area (Å²) >= 11 is 1.44. The minimum atomic E-state index is -0.426. The number of amides is 1. The fraction of sp³-hybridized carbons (Fsp3) is 0.353. The summed E-state index contributed by atoms with van der Waals surface area (Å²) in [5.41, 5.74) is 1.23. The Morgan fingerprint density at radius 3 is 2.85 bits per heavy atom. The lowest BCUT2D eigenvalue weighted by Crippen LogP contribution is -2.23. The molecular weight excluding hydrogens is 352 g/mol. The molecule has 26 heavy (non-hydrogen) atoms. The second-order valence-electron chi connectivity index (χ2n) is 6.20. The lowest BCUT2D eigenvalue weighted by atomic mass is 10.2. The zero-order valence-electron chi connectivity index (χ0n) is 13.9. The van der Waals surface area contributed by atoms with Gasteiger partial charge in [0.25, 0.3) is 5.91 Å². The molecule has 2 aromatic heterocycles. The van der Waals surface area contributed by atoms with Crippen LogP contribution in [-0.4, -0.2) is 42.3 Å². The highest BCUT2D eigenvalue weighted by molar-refractivity contribution is 7.14. The third-order valence-corrected chi connectivity index (χ3v) is 5.39. The first-order chi connectivity index (χ1) is 12.7. The quantitative estimate of drug-likeness (QED) is 0.709. The average Bonchev–Trinajstić information content (AvgIpc) is 3.41. The van der Waals surface area contributed by atoms with Crippen molar-refractivity contribution >= 4 is 17.2 Å². The molecule has 2 N–H and O–H groups in total. The Labute approximate surface area is 153 Å². The highest BCUT2D eigenvalue weighted by Gasteiger charge is 2.28. The second kappa shape index (κ2) is 7.30. The Morgan fingerprint density at radius 2 is 2.08 bits per heavy atom. The highest BCUT2D eigenvalue weighted by Crippen LogP contribution is 2.29. The van der Waals surface area contributed by atoms with Crippen molar-refractivity contribution < 1.29 is 9.90 Å². The summed E-state index contributed by atoms with van der Waals surface area (Å²) in [5.74, 6) is -0.319. The van der Waals surface area contributed by atoms with Gasteiger partial charge in [-0.1, -0.05) is 46.9 Å². The van der Waals surface area contributed by atoms with Crippen molar-refractivity contribution in [3.8, 4) is 10.6 Å². The average molecular weight is 370 g/mol. The lowest BCUT2D eigenvalue weighted by molar-refractivity contribution is 0.0945. The first-order valence-corrected chi connectivity index (χ1v) is 9.28. The van der Waals surface area contributed by atoms with E-state index in [1.165, 1.54) is 11.3 Å². The Balaban J connectivity index is 1.37. The number of nitrogens with one attached hydrogen (secondary N) is 1. The molecule has 1 fully saturated rings. The van der Waals surface area contributed by atoms with E-state index in [4.69, 9.17) is 0 Å². The van der Waals surface area contributed by atoms with Crippen LogP contribution in [0.25, 0.3) is 10.6 Å². The molecule has 0 unspecified atom stereocenters. The van der Waals surface area contributed by atoms with Crippen LogP contribution >= 0.6 is 11.3 Å². The van der Waals surface area contributed by atoms with Gasteiger partial charge in [-0.15, -0.1) is 15.3 Å². The summed E-state index contributed by atoms with van der Waals surface area (Å²) in [6, 6.07) is 9.69. The van der Waals surface area contributed by atoms with Gasteiger partial charge in [-0.3, -0.25) is 4.79 Å². The Hall–Kier alpha value is -2.65. The van der Waals surface area contributed by atoms with Crippen LogP contribution in [0, 0.1) is 0 Å². The number of aromatic nitrogens is 5. The van der Waals surface area contributed by atoms with Crippen molar-refractivity contribution in [2.75, 3.05) is 0 Å². The van der Waals surface area contributed by atoms with Gasteiger partial charge in [-0.2, -0.15) is 0 Å². The number of hydrogen-bond donors (Lipinski definition) is 2. The van der Waals surface area contributed by atoms with E-state index in [-0.39, 0.29) is 24.2 Å². The molecule has 1 amide bonds.